The van der Waals surface area contributed by atoms with E-state index in [1.807, 2.05) is 0 Å². The highest BCUT2D eigenvalue weighted by Crippen LogP contribution is 2.55. The molecule has 0 saturated carbocycles. The Morgan fingerprint density at radius 3 is 1.45 bits per heavy atom. The largest absolute Gasteiger partial charge is 0.317 e. The quantitative estimate of drug-likeness (QED) is 0.162. The van der Waals surface area contributed by atoms with Crippen molar-refractivity contribution < 1.29 is 0 Å². The summed E-state index contributed by atoms with van der Waals surface area (Å²) >= 11 is 3.61. The Morgan fingerprint density at radius 1 is 0.400 bits per heavy atom. The van der Waals surface area contributed by atoms with E-state index in [9.17, 15) is 11.8 Å². The molecule has 0 amide bonds. The van der Waals surface area contributed by atoms with Crippen molar-refractivity contribution in [3.63, 3.8) is 0 Å². The zero-order chi connectivity index (χ0) is 57.5. The van der Waals surface area contributed by atoms with Gasteiger partial charge in [-0.15, -0.1) is 22.7 Å². The van der Waals surface area contributed by atoms with E-state index in [2.05, 4.69) is 273 Å². The molecule has 6 heterocycles. The maximum atomic E-state index is 13.1. The third kappa shape index (κ3) is 6.72. The number of benzene rings is 11. The number of nitriles is 1. The Labute approximate surface area is 498 Å². The van der Waals surface area contributed by atoms with Crippen molar-refractivity contribution in [2.24, 2.45) is 0 Å². The summed E-state index contributed by atoms with van der Waals surface area (Å²) in [7, 11) is 0. The fourth-order valence-corrected chi connectivity index (χ4v) is 16.9. The summed E-state index contributed by atoms with van der Waals surface area (Å²) in [5.41, 5.74) is 14.4. The number of aryl methyl sites for hydroxylation is 1. The second-order valence-electron chi connectivity index (χ2n) is 25.1. The molecule has 0 radical (unpaired) electrons. The van der Waals surface area contributed by atoms with Gasteiger partial charge in [0.1, 0.15) is 6.07 Å². The molecule has 17 rings (SSSR count). The fourth-order valence-electron chi connectivity index (χ4n) is 14.4. The molecule has 0 N–H and O–H groups in total. The lowest BCUT2D eigenvalue weighted by Gasteiger charge is -2.27. The van der Waals surface area contributed by atoms with Gasteiger partial charge in [-0.2, -0.15) is 5.26 Å². The number of para-hydroxylation sites is 4. The first-order chi connectivity index (χ1) is 41.3. The Morgan fingerprint density at radius 2 is 0.871 bits per heavy atom. The van der Waals surface area contributed by atoms with Crippen LogP contribution in [0.25, 0.3) is 155 Å². The van der Waals surface area contributed by atoms with Crippen molar-refractivity contribution in [3.05, 3.63) is 234 Å². The first-order valence-electron chi connectivity index (χ1n) is 29.1. The summed E-state index contributed by atoms with van der Waals surface area (Å²) < 4.78 is 14.2. The molecule has 0 bridgehead atoms. The van der Waals surface area contributed by atoms with Gasteiger partial charge in [-0.25, -0.2) is 4.85 Å². The first-order valence-corrected chi connectivity index (χ1v) is 30.7. The number of hydrogen-bond acceptors (Lipinski definition) is 3. The van der Waals surface area contributed by atoms with Crippen LogP contribution in [0.1, 0.15) is 63.8 Å². The van der Waals surface area contributed by atoms with Gasteiger partial charge in [0.15, 0.2) is 0 Å². The predicted octanol–water partition coefficient (Wildman–Crippen LogP) is 22.1. The molecule has 6 aromatic heterocycles. The number of fused-ring (bicyclic) bond motifs is 20. The summed E-state index contributed by atoms with van der Waals surface area (Å²) in [5.74, 6) is 0. The SMILES string of the molecule is [C-]#[N+]c1c(-n2c3ccccc3c3ccccc32)c(-n2c3ccc(C)cc3c3ccc4c5ccccc5sc4c32)c(-n2c3ccccc3c3ccccc32)c(C#N)c1-n1c2ccc(C(C)(C)C)cc2c2cc(C(C)(C)C)c3c4ccccc4sc3c21. The second-order valence-corrected chi connectivity index (χ2v) is 27.2. The van der Waals surface area contributed by atoms with Gasteiger partial charge in [-0.1, -0.05) is 181 Å². The van der Waals surface area contributed by atoms with E-state index in [-0.39, 0.29) is 10.8 Å². The number of rotatable bonds is 4. The summed E-state index contributed by atoms with van der Waals surface area (Å²) in [6.07, 6.45) is 0. The topological polar surface area (TPSA) is 47.9 Å². The van der Waals surface area contributed by atoms with Crippen molar-refractivity contribution in [2.45, 2.75) is 59.3 Å². The van der Waals surface area contributed by atoms with Gasteiger partial charge >= 0.3 is 0 Å². The van der Waals surface area contributed by atoms with Crippen molar-refractivity contribution in [1.82, 2.24) is 18.3 Å². The van der Waals surface area contributed by atoms with E-state index in [0.717, 1.165) is 113 Å². The van der Waals surface area contributed by atoms with Crippen molar-refractivity contribution in [3.8, 4) is 28.8 Å². The van der Waals surface area contributed by atoms with Crippen LogP contribution in [-0.4, -0.2) is 18.3 Å². The molecule has 85 heavy (non-hydrogen) atoms. The molecular formula is C77H54N6S2. The number of thiophene rings is 2. The maximum Gasteiger partial charge on any atom is 0.237 e. The Kier molecular flexibility index (Phi) is 10.2. The third-order valence-corrected chi connectivity index (χ3v) is 20.5. The van der Waals surface area contributed by atoms with Gasteiger partial charge < -0.3 is 18.3 Å². The Balaban J connectivity index is 1.22. The van der Waals surface area contributed by atoms with Gasteiger partial charge in [0.05, 0.1) is 88.4 Å². The van der Waals surface area contributed by atoms with Crippen LogP contribution in [0, 0.1) is 24.8 Å². The van der Waals surface area contributed by atoms with Crippen LogP contribution in [0.2, 0.25) is 0 Å². The van der Waals surface area contributed by atoms with E-state index >= 15 is 0 Å². The van der Waals surface area contributed by atoms with E-state index < -0.39 is 0 Å². The lowest BCUT2D eigenvalue weighted by molar-refractivity contribution is 0.591. The zero-order valence-corrected chi connectivity index (χ0v) is 49.7. The molecule has 0 fully saturated rings. The minimum absolute atomic E-state index is 0.174. The summed E-state index contributed by atoms with van der Waals surface area (Å²) in [5, 5.41) is 26.5. The average molecular weight is 1130 g/mol. The average Bonchev–Trinajstić information content (AvgIpc) is 1.61. The first kappa shape index (κ1) is 49.6. The molecular weight excluding hydrogens is 1070 g/mol. The van der Waals surface area contributed by atoms with Crippen LogP contribution in [0.4, 0.5) is 5.69 Å². The molecule has 0 aliphatic carbocycles. The minimum Gasteiger partial charge on any atom is -0.317 e. The fraction of sp³-hybridized carbons (Fsp3) is 0.117. The predicted molar refractivity (Wildman–Crippen MR) is 363 cm³/mol. The molecule has 0 spiro atoms. The van der Waals surface area contributed by atoms with Crippen molar-refractivity contribution in [2.75, 3.05) is 0 Å². The van der Waals surface area contributed by atoms with E-state index in [4.69, 9.17) is 4.85 Å². The summed E-state index contributed by atoms with van der Waals surface area (Å²) in [6.45, 7) is 26.1. The number of hydrogen-bond donors (Lipinski definition) is 0. The van der Waals surface area contributed by atoms with Crippen LogP contribution < -0.4 is 0 Å². The van der Waals surface area contributed by atoms with Crippen molar-refractivity contribution >= 4 is 156 Å². The maximum absolute atomic E-state index is 13.1. The van der Waals surface area contributed by atoms with Crippen LogP contribution in [0.3, 0.4) is 0 Å². The lowest BCUT2D eigenvalue weighted by atomic mass is 9.82. The van der Waals surface area contributed by atoms with E-state index in [1.165, 1.54) is 36.7 Å². The molecule has 0 unspecified atom stereocenters. The zero-order valence-electron chi connectivity index (χ0n) is 48.1. The summed E-state index contributed by atoms with van der Waals surface area (Å²) in [6, 6.07) is 75.8. The normalized spacial score (nSPS) is 12.6. The van der Waals surface area contributed by atoms with Gasteiger partial charge in [-0.3, -0.25) is 0 Å². The monoisotopic (exact) mass is 1130 g/mol. The molecule has 11 aromatic carbocycles. The second kappa shape index (κ2) is 17.5. The molecule has 0 aliphatic rings. The molecule has 8 heteroatoms. The van der Waals surface area contributed by atoms with Gasteiger partial charge in [0.2, 0.25) is 5.69 Å². The Hall–Kier alpha value is -9.96. The highest BCUT2D eigenvalue weighted by atomic mass is 32.1. The molecule has 404 valence electrons. The highest BCUT2D eigenvalue weighted by molar-refractivity contribution is 7.27. The van der Waals surface area contributed by atoms with E-state index in [1.54, 1.807) is 22.7 Å². The van der Waals surface area contributed by atoms with Gasteiger partial charge in [0, 0.05) is 74.0 Å². The molecule has 17 aromatic rings. The molecule has 0 atom stereocenters. The van der Waals surface area contributed by atoms with E-state index in [0.29, 0.717) is 28.3 Å². The third-order valence-electron chi connectivity index (χ3n) is 18.1. The lowest BCUT2D eigenvalue weighted by Crippen LogP contribution is -2.15. The Bertz CT molecular complexity index is 5660. The number of nitrogens with zero attached hydrogens (tertiary/aromatic N) is 6. The molecule has 0 aliphatic heterocycles. The van der Waals surface area contributed by atoms with Crippen LogP contribution >= 0.6 is 22.7 Å². The van der Waals surface area contributed by atoms with Crippen molar-refractivity contribution in [1.29, 1.82) is 5.26 Å². The van der Waals surface area contributed by atoms with Crippen LogP contribution in [0.5, 0.6) is 0 Å². The highest BCUT2D eigenvalue weighted by Gasteiger charge is 2.36. The molecule has 6 nitrogen and oxygen atoms in total. The summed E-state index contributed by atoms with van der Waals surface area (Å²) in [4.78, 5) is 4.98. The van der Waals surface area contributed by atoms with Crippen LogP contribution in [0.15, 0.2) is 200 Å². The van der Waals surface area contributed by atoms with Gasteiger partial charge in [0.25, 0.3) is 0 Å². The minimum atomic E-state index is -0.235. The van der Waals surface area contributed by atoms with Gasteiger partial charge in [-0.05, 0) is 95.6 Å². The standard InChI is InChI=1S/C77H54N6S2/c1-43-33-37-62-53(39-43)50-35-36-51-49-25-13-19-31-64(49)84-74(51)70(50)83(62)73-69(80-58-27-15-9-21-45(58)46-22-10-16-28-59(46)80)56(42-78)68(67(79-8)72(73)81-60-29-17-11-23-47(60)48-24-12-18-30-61(48)81)82-63-38-34-44(76(2,3)4)40-54(63)55-41-57(77(5,6)7)66-52-26-14-20-32-65(52)85-75(66)71(55)82/h9-41H,1-7H3. The van der Waals surface area contributed by atoms with Crippen LogP contribution in [-0.2, 0) is 10.8 Å². The smallest absolute Gasteiger partial charge is 0.237 e. The number of aromatic nitrogens is 4. The molecule has 0 saturated heterocycles.